The number of sulfonamides is 1. The van der Waals surface area contributed by atoms with Crippen LogP contribution in [0.15, 0.2) is 102 Å². The third-order valence-corrected chi connectivity index (χ3v) is 10.7. The van der Waals surface area contributed by atoms with Gasteiger partial charge in [-0.15, -0.1) is 0 Å². The number of benzene rings is 4. The van der Waals surface area contributed by atoms with Gasteiger partial charge >= 0.3 is 0 Å². The van der Waals surface area contributed by atoms with Crippen LogP contribution in [0.2, 0.25) is 0 Å². The lowest BCUT2D eigenvalue weighted by Gasteiger charge is -2.43. The molecule has 0 spiro atoms. The topological polar surface area (TPSA) is 87.3 Å². The van der Waals surface area contributed by atoms with Crippen molar-refractivity contribution in [3.63, 3.8) is 0 Å². The molecule has 2 fully saturated rings. The second-order valence-electron chi connectivity index (χ2n) is 11.7. The van der Waals surface area contributed by atoms with E-state index in [1.165, 1.54) is 42.5 Å². The zero-order valence-corrected chi connectivity index (χ0v) is 23.7. The van der Waals surface area contributed by atoms with Gasteiger partial charge in [0, 0.05) is 16.9 Å². The van der Waals surface area contributed by atoms with Gasteiger partial charge in [-0.05, 0) is 115 Å². The van der Waals surface area contributed by atoms with Crippen LogP contribution < -0.4 is 15.4 Å². The number of hydrogen-bond donors (Lipinski definition) is 3. The molecule has 2 bridgehead atoms. The third-order valence-electron chi connectivity index (χ3n) is 9.32. The maximum atomic E-state index is 13.3. The zero-order chi connectivity index (χ0) is 28.1. The lowest BCUT2D eigenvalue weighted by molar-refractivity contribution is 0.102. The molecule has 4 aromatic rings. The van der Waals surface area contributed by atoms with E-state index >= 15 is 0 Å². The monoisotopic (exact) mass is 563 g/mol. The van der Waals surface area contributed by atoms with Crippen molar-refractivity contribution in [2.75, 3.05) is 15.4 Å². The molecule has 1 amide bonds. The number of anilines is 3. The van der Waals surface area contributed by atoms with Gasteiger partial charge in [-0.3, -0.25) is 9.52 Å². The van der Waals surface area contributed by atoms with Crippen molar-refractivity contribution >= 4 is 33.0 Å². The van der Waals surface area contributed by atoms with Crippen molar-refractivity contribution in [3.05, 3.63) is 119 Å². The molecule has 7 rings (SSSR count). The van der Waals surface area contributed by atoms with E-state index in [0.29, 0.717) is 46.7 Å². The minimum absolute atomic E-state index is 0.133. The highest BCUT2D eigenvalue weighted by Gasteiger charge is 2.53. The van der Waals surface area contributed by atoms with E-state index in [0.717, 1.165) is 11.3 Å². The van der Waals surface area contributed by atoms with Crippen LogP contribution in [0.3, 0.4) is 0 Å². The highest BCUT2D eigenvalue weighted by atomic mass is 32.2. The van der Waals surface area contributed by atoms with Crippen LogP contribution in [0, 0.1) is 24.7 Å². The Kier molecular flexibility index (Phi) is 6.35. The minimum Gasteiger partial charge on any atom is -0.378 e. The molecule has 41 heavy (non-hydrogen) atoms. The van der Waals surface area contributed by atoms with Crippen molar-refractivity contribution in [2.24, 2.45) is 17.8 Å². The van der Waals surface area contributed by atoms with E-state index in [4.69, 9.17) is 0 Å². The predicted octanol–water partition coefficient (Wildman–Crippen LogP) is 7.34. The number of hydrogen-bond acceptors (Lipinski definition) is 4. The number of para-hydroxylation sites is 1. The molecule has 4 aromatic carbocycles. The minimum atomic E-state index is -3.75. The first-order valence-electron chi connectivity index (χ1n) is 14.3. The zero-order valence-electron chi connectivity index (χ0n) is 22.9. The Morgan fingerprint density at radius 1 is 0.854 bits per heavy atom. The van der Waals surface area contributed by atoms with Gasteiger partial charge in [-0.1, -0.05) is 48.5 Å². The van der Waals surface area contributed by atoms with E-state index in [1.54, 1.807) is 24.3 Å². The fourth-order valence-corrected chi connectivity index (χ4v) is 8.56. The Morgan fingerprint density at radius 2 is 1.59 bits per heavy atom. The van der Waals surface area contributed by atoms with Gasteiger partial charge < -0.3 is 10.6 Å². The van der Waals surface area contributed by atoms with Gasteiger partial charge in [-0.25, -0.2) is 8.42 Å². The van der Waals surface area contributed by atoms with Gasteiger partial charge in [0.25, 0.3) is 15.9 Å². The molecule has 208 valence electrons. The summed E-state index contributed by atoms with van der Waals surface area (Å²) in [5.74, 6) is 2.16. The van der Waals surface area contributed by atoms with Gasteiger partial charge in [0.1, 0.15) is 0 Å². The standard InChI is InChI=1S/C34H33N3O3S/c1-21-7-5-6-10-29(21)37-41(39,40)27-16-14-26(15-17-27)35-34(38)25-13-18-30-28(20-25)31-23-11-12-24(19-23)32(31)33(36-30)22-8-3-2-4-9-22/h2-10,13-18,20,23-24,31-33,36-37H,11-12,19H2,1H3,(H,35,38)/t23-,24-,31-,32+,33+/m0/s1. The SMILES string of the molecule is Cc1ccccc1NS(=O)(=O)c1ccc(NC(=O)c2ccc3c(c2)[C@@H]2[C@H]4CC[C@@H](C4)[C@H]2[C@@H](c2ccccc2)N3)cc1. The third kappa shape index (κ3) is 4.68. The molecule has 3 aliphatic rings. The Bertz CT molecular complexity index is 1720. The molecule has 0 aromatic heterocycles. The lowest BCUT2D eigenvalue weighted by atomic mass is 9.68. The van der Waals surface area contributed by atoms with Crippen LogP contribution in [0.5, 0.6) is 0 Å². The summed E-state index contributed by atoms with van der Waals surface area (Å²) in [6.07, 6.45) is 3.82. The van der Waals surface area contributed by atoms with Crippen LogP contribution in [-0.2, 0) is 10.0 Å². The summed E-state index contributed by atoms with van der Waals surface area (Å²) in [4.78, 5) is 13.5. The van der Waals surface area contributed by atoms with Crippen LogP contribution in [0.4, 0.5) is 17.1 Å². The summed E-state index contributed by atoms with van der Waals surface area (Å²) in [7, 11) is -3.75. The maximum Gasteiger partial charge on any atom is 0.261 e. The van der Waals surface area contributed by atoms with Gasteiger partial charge in [-0.2, -0.15) is 0 Å². The molecule has 1 heterocycles. The number of carbonyl (C=O) groups excluding carboxylic acids is 1. The molecule has 7 heteroatoms. The molecular weight excluding hydrogens is 530 g/mol. The van der Waals surface area contributed by atoms with Gasteiger partial charge in [0.15, 0.2) is 0 Å². The Hall–Kier alpha value is -4.10. The number of nitrogens with one attached hydrogen (secondary N) is 3. The molecule has 3 N–H and O–H groups in total. The summed E-state index contributed by atoms with van der Waals surface area (Å²) >= 11 is 0. The normalized spacial score (nSPS) is 24.2. The summed E-state index contributed by atoms with van der Waals surface area (Å²) in [6, 6.07) is 30.6. The summed E-state index contributed by atoms with van der Waals surface area (Å²) < 4.78 is 28.4. The first kappa shape index (κ1) is 25.8. The average Bonchev–Trinajstić information content (AvgIpc) is 3.62. The van der Waals surface area contributed by atoms with E-state index in [9.17, 15) is 13.2 Å². The number of carbonyl (C=O) groups is 1. The molecule has 0 unspecified atom stereocenters. The molecule has 0 radical (unpaired) electrons. The molecule has 6 nitrogen and oxygen atoms in total. The maximum absolute atomic E-state index is 13.3. The van der Waals surface area contributed by atoms with Crippen molar-refractivity contribution in [1.82, 2.24) is 0 Å². The largest absolute Gasteiger partial charge is 0.378 e. The highest BCUT2D eigenvalue weighted by Crippen LogP contribution is 2.63. The molecule has 2 aliphatic carbocycles. The van der Waals surface area contributed by atoms with Gasteiger partial charge in [0.05, 0.1) is 16.6 Å². The number of amides is 1. The smallest absolute Gasteiger partial charge is 0.261 e. The molecule has 2 saturated carbocycles. The predicted molar refractivity (Wildman–Crippen MR) is 163 cm³/mol. The summed E-state index contributed by atoms with van der Waals surface area (Å²) in [6.45, 7) is 1.85. The van der Waals surface area contributed by atoms with Crippen molar-refractivity contribution < 1.29 is 13.2 Å². The van der Waals surface area contributed by atoms with Crippen molar-refractivity contribution in [3.8, 4) is 0 Å². The summed E-state index contributed by atoms with van der Waals surface area (Å²) in [5, 5.41) is 6.79. The van der Waals surface area contributed by atoms with Crippen LogP contribution in [-0.4, -0.2) is 14.3 Å². The molecule has 1 aliphatic heterocycles. The van der Waals surface area contributed by atoms with Crippen LogP contribution in [0.25, 0.3) is 0 Å². The number of aryl methyl sites for hydroxylation is 1. The van der Waals surface area contributed by atoms with E-state index in [-0.39, 0.29) is 10.8 Å². The Balaban J connectivity index is 1.10. The van der Waals surface area contributed by atoms with Crippen molar-refractivity contribution in [1.29, 1.82) is 0 Å². The first-order chi connectivity index (χ1) is 19.9. The Morgan fingerprint density at radius 3 is 2.37 bits per heavy atom. The van der Waals surface area contributed by atoms with Crippen molar-refractivity contribution in [2.45, 2.75) is 43.0 Å². The second kappa shape index (κ2) is 10.1. The first-order valence-corrected chi connectivity index (χ1v) is 15.8. The molecule has 0 saturated heterocycles. The van der Waals surface area contributed by atoms with E-state index < -0.39 is 10.0 Å². The molecule has 5 atom stereocenters. The number of rotatable bonds is 6. The van der Waals surface area contributed by atoms with Crippen LogP contribution >= 0.6 is 0 Å². The fourth-order valence-electron chi connectivity index (χ4n) is 7.43. The Labute approximate surface area is 241 Å². The van der Waals surface area contributed by atoms with Gasteiger partial charge in [0.2, 0.25) is 0 Å². The van der Waals surface area contributed by atoms with E-state index in [1.807, 2.05) is 25.1 Å². The highest BCUT2D eigenvalue weighted by molar-refractivity contribution is 7.92. The lowest BCUT2D eigenvalue weighted by Crippen LogP contribution is -2.35. The average molecular weight is 564 g/mol. The van der Waals surface area contributed by atoms with Crippen LogP contribution in [0.1, 0.15) is 58.3 Å². The molecular formula is C34H33N3O3S. The second-order valence-corrected chi connectivity index (χ2v) is 13.4. The van der Waals surface area contributed by atoms with E-state index in [2.05, 4.69) is 57.8 Å². The summed E-state index contributed by atoms with van der Waals surface area (Å²) in [5.41, 5.74) is 6.26. The number of fused-ring (bicyclic) bond motifs is 7. The fraction of sp³-hybridized carbons (Fsp3) is 0.265. The quantitative estimate of drug-likeness (QED) is 0.229.